The second kappa shape index (κ2) is 6.91. The number of hydrogen-bond donors (Lipinski definition) is 3. The van der Waals surface area contributed by atoms with Gasteiger partial charge < -0.3 is 13.7 Å². The number of carbonyl (C=O) groups excluding carboxylic acids is 1. The molecule has 0 aliphatic rings. The third-order valence-corrected chi connectivity index (χ3v) is 5.58. The molecule has 0 fully saturated rings. The van der Waals surface area contributed by atoms with Crippen LogP contribution in [0.4, 0.5) is 0 Å². The minimum Gasteiger partial charge on any atom is -0.302 e. The van der Waals surface area contributed by atoms with Crippen molar-refractivity contribution < 1.29 is 31.1 Å². The van der Waals surface area contributed by atoms with Crippen LogP contribution in [0.3, 0.4) is 0 Å². The van der Waals surface area contributed by atoms with E-state index in [4.69, 9.17) is 0 Å². The molecule has 0 bridgehead atoms. The largest absolute Gasteiger partial charge is 0.302 e. The van der Waals surface area contributed by atoms with Gasteiger partial charge in [0.25, 0.3) is 0 Å². The molecule has 0 saturated carbocycles. The number of carbonyl (C=O) groups is 1. The van der Waals surface area contributed by atoms with Crippen LogP contribution in [0.5, 0.6) is 0 Å². The lowest BCUT2D eigenvalue weighted by molar-refractivity contribution is 0.104. The lowest BCUT2D eigenvalue weighted by Gasteiger charge is -2.15. The summed E-state index contributed by atoms with van der Waals surface area (Å²) in [6, 6.07) is 5.80. The van der Waals surface area contributed by atoms with E-state index in [2.05, 4.69) is 6.58 Å². The molecule has 0 aliphatic carbocycles. The first-order valence-electron chi connectivity index (χ1n) is 5.89. The normalized spacial score (nSPS) is 15.1. The van der Waals surface area contributed by atoms with Gasteiger partial charge in [-0.2, -0.15) is 0 Å². The minimum absolute atomic E-state index is 0.0603. The van der Waals surface area contributed by atoms with Crippen molar-refractivity contribution in [1.82, 2.24) is 0 Å². The van der Waals surface area contributed by atoms with Gasteiger partial charge in [0, 0.05) is 10.9 Å². The molecular weight excluding hydrogens is 364 g/mol. The Kier molecular flexibility index (Phi) is 5.34. The number of fused-ring (bicyclic) bond motifs is 1. The van der Waals surface area contributed by atoms with Gasteiger partial charge in [-0.05, 0) is 11.5 Å². The van der Waals surface area contributed by atoms with Crippen molar-refractivity contribution >= 4 is 49.8 Å². The van der Waals surface area contributed by atoms with E-state index in [-0.39, 0.29) is 16.3 Å². The molecule has 3 atom stereocenters. The van der Waals surface area contributed by atoms with Crippen molar-refractivity contribution in [2.75, 3.05) is 0 Å². The molecule has 7 nitrogen and oxygen atoms in total. The van der Waals surface area contributed by atoms with E-state index in [1.54, 1.807) is 0 Å². The van der Waals surface area contributed by atoms with Crippen LogP contribution < -0.4 is 0 Å². The molecule has 3 unspecified atom stereocenters. The fraction of sp³-hybridized carbons (Fsp3) is 0. The highest BCUT2D eigenvalue weighted by molar-refractivity contribution is 7.84. The third kappa shape index (κ3) is 3.09. The molecule has 0 radical (unpaired) electrons. The van der Waals surface area contributed by atoms with Crippen LogP contribution >= 0.6 is 0 Å². The average molecular weight is 374 g/mol. The van der Waals surface area contributed by atoms with Gasteiger partial charge in [0.05, 0.1) is 9.79 Å². The Labute approximate surface area is 138 Å². The third-order valence-electron chi connectivity index (χ3n) is 3.04. The summed E-state index contributed by atoms with van der Waals surface area (Å²) in [5.41, 5.74) is -0.303. The van der Waals surface area contributed by atoms with Crippen molar-refractivity contribution in [3.05, 3.63) is 42.5 Å². The van der Waals surface area contributed by atoms with Crippen LogP contribution in [-0.4, -0.2) is 32.1 Å². The first-order valence-corrected chi connectivity index (χ1v) is 9.21. The zero-order valence-electron chi connectivity index (χ0n) is 11.3. The summed E-state index contributed by atoms with van der Waals surface area (Å²) in [6.45, 7) is 3.30. The maximum absolute atomic E-state index is 12.1. The molecule has 0 spiro atoms. The van der Waals surface area contributed by atoms with Gasteiger partial charge in [0.1, 0.15) is 4.90 Å². The maximum Gasteiger partial charge on any atom is 0.189 e. The minimum atomic E-state index is -2.87. The molecule has 2 aromatic carbocycles. The summed E-state index contributed by atoms with van der Waals surface area (Å²) in [5, 5.41) is 0.173. The Balaban J connectivity index is 3.25. The van der Waals surface area contributed by atoms with E-state index in [9.17, 15) is 31.1 Å². The van der Waals surface area contributed by atoms with E-state index < -0.39 is 53.7 Å². The van der Waals surface area contributed by atoms with Gasteiger partial charge >= 0.3 is 0 Å². The topological polar surface area (TPSA) is 129 Å². The highest BCUT2D eigenvalue weighted by atomic mass is 32.2. The first-order chi connectivity index (χ1) is 10.8. The molecule has 0 heterocycles. The zero-order chi connectivity index (χ0) is 17.3. The fourth-order valence-electron chi connectivity index (χ4n) is 2.21. The predicted molar refractivity (Wildman–Crippen MR) is 85.6 cm³/mol. The molecule has 3 N–H and O–H groups in total. The van der Waals surface area contributed by atoms with Gasteiger partial charge in [0.15, 0.2) is 39.0 Å². The zero-order valence-corrected chi connectivity index (χ0v) is 13.7. The monoisotopic (exact) mass is 374 g/mol. The van der Waals surface area contributed by atoms with Crippen LogP contribution in [0.25, 0.3) is 10.8 Å². The molecule has 0 saturated heterocycles. The number of benzene rings is 2. The molecule has 23 heavy (non-hydrogen) atoms. The molecule has 122 valence electrons. The Bertz CT molecular complexity index is 904. The number of ketones is 1. The van der Waals surface area contributed by atoms with Crippen LogP contribution in [0.15, 0.2) is 51.6 Å². The summed E-state index contributed by atoms with van der Waals surface area (Å²) in [7, 11) is 0. The summed E-state index contributed by atoms with van der Waals surface area (Å²) in [5.74, 6) is -0.749. The molecule has 2 aromatic rings. The van der Waals surface area contributed by atoms with Crippen LogP contribution in [0, 0.1) is 0 Å². The standard InChI is InChI=1S/C13H10O7S3/c1-2-9(14)10-7-5-3-4-6-8(7)11(21(15)16)13(23(19)20)12(10)22(17)18/h2-6H,1H2,(H,15,16)(H,17,18)(H,19,20). The number of hydrogen-bond acceptors (Lipinski definition) is 4. The molecule has 0 amide bonds. The summed E-state index contributed by atoms with van der Waals surface area (Å²) < 4.78 is 63.4. The molecular formula is C13H10O7S3. The first kappa shape index (κ1) is 17.8. The highest BCUT2D eigenvalue weighted by Crippen LogP contribution is 2.36. The van der Waals surface area contributed by atoms with E-state index in [1.807, 2.05) is 0 Å². The number of rotatable bonds is 5. The van der Waals surface area contributed by atoms with E-state index in [1.165, 1.54) is 24.3 Å². The SMILES string of the molecule is C=CC(=O)c1c(S(=O)O)c(S(=O)O)c(S(=O)O)c2ccccc12. The van der Waals surface area contributed by atoms with E-state index in [0.717, 1.165) is 6.08 Å². The molecule has 10 heteroatoms. The quantitative estimate of drug-likeness (QED) is 0.414. The van der Waals surface area contributed by atoms with Crippen LogP contribution in [-0.2, 0) is 33.2 Å². The van der Waals surface area contributed by atoms with Gasteiger partial charge in [-0.1, -0.05) is 30.8 Å². The van der Waals surface area contributed by atoms with Crippen LogP contribution in [0.2, 0.25) is 0 Å². The Hall–Kier alpha value is -1.56. The van der Waals surface area contributed by atoms with Crippen molar-refractivity contribution in [3.63, 3.8) is 0 Å². The van der Waals surface area contributed by atoms with Crippen molar-refractivity contribution in [2.24, 2.45) is 0 Å². The molecule has 0 aliphatic heterocycles. The summed E-state index contributed by atoms with van der Waals surface area (Å²) >= 11 is -8.44. The lowest BCUT2D eigenvalue weighted by atomic mass is 10.0. The number of allylic oxidation sites excluding steroid dienone is 1. The van der Waals surface area contributed by atoms with Gasteiger partial charge in [0.2, 0.25) is 0 Å². The average Bonchev–Trinajstić information content (AvgIpc) is 2.50. The van der Waals surface area contributed by atoms with E-state index in [0.29, 0.717) is 0 Å². The lowest BCUT2D eigenvalue weighted by Crippen LogP contribution is -2.12. The highest BCUT2D eigenvalue weighted by Gasteiger charge is 2.30. The summed E-state index contributed by atoms with van der Waals surface area (Å²) in [4.78, 5) is 10.2. The summed E-state index contributed by atoms with van der Waals surface area (Å²) in [6.07, 6.45) is 0.887. The van der Waals surface area contributed by atoms with Gasteiger partial charge in [-0.15, -0.1) is 0 Å². The van der Waals surface area contributed by atoms with Crippen molar-refractivity contribution in [1.29, 1.82) is 0 Å². The maximum atomic E-state index is 12.1. The Morgan fingerprint density at radius 3 is 1.78 bits per heavy atom. The van der Waals surface area contributed by atoms with E-state index >= 15 is 0 Å². The second-order valence-corrected chi connectivity index (χ2v) is 6.94. The Morgan fingerprint density at radius 2 is 1.35 bits per heavy atom. The second-order valence-electron chi connectivity index (χ2n) is 4.22. The van der Waals surface area contributed by atoms with Crippen molar-refractivity contribution in [3.8, 4) is 0 Å². The molecule has 2 rings (SSSR count). The fourth-order valence-corrected chi connectivity index (χ4v) is 4.93. The van der Waals surface area contributed by atoms with Crippen molar-refractivity contribution in [2.45, 2.75) is 14.7 Å². The predicted octanol–water partition coefficient (Wildman–Crippen LogP) is 1.95. The van der Waals surface area contributed by atoms with Gasteiger partial charge in [-0.3, -0.25) is 4.79 Å². The van der Waals surface area contributed by atoms with Gasteiger partial charge in [-0.25, -0.2) is 12.6 Å². The Morgan fingerprint density at radius 1 is 0.870 bits per heavy atom. The van der Waals surface area contributed by atoms with Crippen LogP contribution in [0.1, 0.15) is 10.4 Å². The smallest absolute Gasteiger partial charge is 0.189 e. The molecule has 0 aromatic heterocycles.